The molecule has 3 nitrogen and oxygen atoms in total. The van der Waals surface area contributed by atoms with Crippen LogP contribution < -0.4 is 5.32 Å². The molecule has 3 aliphatic carbocycles. The Morgan fingerprint density at radius 3 is 2.11 bits per heavy atom. The molecule has 1 saturated heterocycles. The van der Waals surface area contributed by atoms with Gasteiger partial charge in [-0.15, -0.1) is 0 Å². The molecule has 4 aliphatic rings. The number of rotatable bonds is 4. The Bertz CT molecular complexity index is 306. The zero-order valence-corrected chi connectivity index (χ0v) is 11.2. The Balaban J connectivity index is 1.25. The minimum absolute atomic E-state index is 0.189. The van der Waals surface area contributed by atoms with Crippen molar-refractivity contribution < 1.29 is 9.47 Å². The van der Waals surface area contributed by atoms with Gasteiger partial charge in [0.1, 0.15) is 0 Å². The van der Waals surface area contributed by atoms with Gasteiger partial charge in [-0.25, -0.2) is 0 Å². The van der Waals surface area contributed by atoms with Gasteiger partial charge in [0.25, 0.3) is 0 Å². The molecule has 1 heterocycles. The van der Waals surface area contributed by atoms with E-state index in [0.29, 0.717) is 6.04 Å². The summed E-state index contributed by atoms with van der Waals surface area (Å²) in [6.07, 6.45) is 10.6. The third-order valence-corrected chi connectivity index (χ3v) is 5.64. The van der Waals surface area contributed by atoms with Crippen molar-refractivity contribution in [2.24, 2.45) is 11.3 Å². The largest absolute Gasteiger partial charge is 0.348 e. The van der Waals surface area contributed by atoms with Gasteiger partial charge in [0.05, 0.1) is 13.2 Å². The molecular formula is C15H25NO2. The van der Waals surface area contributed by atoms with Crippen LogP contribution in [0, 0.1) is 11.3 Å². The minimum Gasteiger partial charge on any atom is -0.348 e. The summed E-state index contributed by atoms with van der Waals surface area (Å²) < 4.78 is 11.6. The van der Waals surface area contributed by atoms with Crippen molar-refractivity contribution in [3.8, 4) is 0 Å². The van der Waals surface area contributed by atoms with Crippen LogP contribution in [-0.4, -0.2) is 31.6 Å². The first-order chi connectivity index (χ1) is 8.80. The van der Waals surface area contributed by atoms with Crippen LogP contribution in [0.5, 0.6) is 0 Å². The van der Waals surface area contributed by atoms with Crippen molar-refractivity contribution in [2.75, 3.05) is 19.8 Å². The molecule has 3 heteroatoms. The summed E-state index contributed by atoms with van der Waals surface area (Å²) in [7, 11) is 0. The highest BCUT2D eigenvalue weighted by molar-refractivity contribution is 5.05. The monoisotopic (exact) mass is 251 g/mol. The van der Waals surface area contributed by atoms with E-state index >= 15 is 0 Å². The molecule has 4 rings (SSSR count). The number of ether oxygens (including phenoxy) is 2. The molecule has 0 bridgehead atoms. The van der Waals surface area contributed by atoms with Gasteiger partial charge < -0.3 is 14.8 Å². The highest BCUT2D eigenvalue weighted by Crippen LogP contribution is 2.60. The predicted octanol–water partition coefficient (Wildman–Crippen LogP) is 2.45. The summed E-state index contributed by atoms with van der Waals surface area (Å²) in [6, 6.07) is 0.708. The summed E-state index contributed by atoms with van der Waals surface area (Å²) in [5.41, 5.74) is 0.732. The van der Waals surface area contributed by atoms with Crippen molar-refractivity contribution in [1.82, 2.24) is 5.32 Å². The molecule has 0 radical (unpaired) electrons. The number of nitrogens with one attached hydrogen (secondary N) is 1. The first kappa shape index (κ1) is 11.7. The van der Waals surface area contributed by atoms with Crippen LogP contribution in [0.4, 0.5) is 0 Å². The Morgan fingerprint density at radius 1 is 0.889 bits per heavy atom. The maximum atomic E-state index is 5.79. The molecule has 1 spiro atoms. The molecule has 0 aromatic carbocycles. The average molecular weight is 251 g/mol. The molecule has 4 fully saturated rings. The lowest BCUT2D eigenvalue weighted by molar-refractivity contribution is -0.179. The molecule has 0 amide bonds. The van der Waals surface area contributed by atoms with Gasteiger partial charge in [0, 0.05) is 25.4 Å². The first-order valence-electron chi connectivity index (χ1n) is 7.82. The Hall–Kier alpha value is -0.120. The maximum absolute atomic E-state index is 5.79. The fraction of sp³-hybridized carbons (Fsp3) is 1.00. The van der Waals surface area contributed by atoms with Gasteiger partial charge in [0.15, 0.2) is 5.79 Å². The quantitative estimate of drug-likeness (QED) is 0.832. The SMILES string of the molecule is C1COC2(CCC(NCC3(C4CC4)CC3)CC2)O1. The second-order valence-corrected chi connectivity index (χ2v) is 6.90. The van der Waals surface area contributed by atoms with Crippen molar-refractivity contribution >= 4 is 0 Å². The topological polar surface area (TPSA) is 30.5 Å². The van der Waals surface area contributed by atoms with Crippen LogP contribution >= 0.6 is 0 Å². The summed E-state index contributed by atoms with van der Waals surface area (Å²) in [5.74, 6) is 0.882. The standard InChI is InChI=1S/C15H25NO2/c1-2-12(1)14(7-8-14)11-16-13-3-5-15(6-4-13)17-9-10-18-15/h12-13,16H,1-11H2. The van der Waals surface area contributed by atoms with Gasteiger partial charge in [-0.2, -0.15) is 0 Å². The minimum atomic E-state index is -0.189. The number of hydrogen-bond acceptors (Lipinski definition) is 3. The Morgan fingerprint density at radius 2 is 1.56 bits per heavy atom. The molecule has 0 atom stereocenters. The molecule has 18 heavy (non-hydrogen) atoms. The lowest BCUT2D eigenvalue weighted by atomic mass is 9.89. The van der Waals surface area contributed by atoms with Crippen LogP contribution in [0.15, 0.2) is 0 Å². The summed E-state index contributed by atoms with van der Waals surface area (Å²) in [4.78, 5) is 0. The van der Waals surface area contributed by atoms with Crippen molar-refractivity contribution in [3.63, 3.8) is 0 Å². The summed E-state index contributed by atoms with van der Waals surface area (Å²) in [5, 5.41) is 3.84. The van der Waals surface area contributed by atoms with E-state index in [1.165, 1.54) is 45.1 Å². The van der Waals surface area contributed by atoms with Crippen LogP contribution in [0.25, 0.3) is 0 Å². The second kappa shape index (κ2) is 4.19. The van der Waals surface area contributed by atoms with Gasteiger partial charge >= 0.3 is 0 Å². The molecule has 3 saturated carbocycles. The predicted molar refractivity (Wildman–Crippen MR) is 69.3 cm³/mol. The highest BCUT2D eigenvalue weighted by Gasteiger charge is 2.53. The molecule has 0 aromatic heterocycles. The van der Waals surface area contributed by atoms with Crippen molar-refractivity contribution in [3.05, 3.63) is 0 Å². The zero-order valence-electron chi connectivity index (χ0n) is 11.2. The smallest absolute Gasteiger partial charge is 0.168 e. The van der Waals surface area contributed by atoms with Crippen molar-refractivity contribution in [2.45, 2.75) is 63.2 Å². The molecule has 0 aromatic rings. The summed E-state index contributed by atoms with van der Waals surface area (Å²) >= 11 is 0. The lowest BCUT2D eigenvalue weighted by Crippen LogP contribution is -2.43. The molecule has 1 N–H and O–H groups in total. The Labute approximate surface area is 110 Å². The second-order valence-electron chi connectivity index (χ2n) is 6.90. The van der Waals surface area contributed by atoms with E-state index in [1.807, 2.05) is 0 Å². The Kier molecular flexibility index (Phi) is 2.72. The van der Waals surface area contributed by atoms with E-state index in [2.05, 4.69) is 5.32 Å². The maximum Gasteiger partial charge on any atom is 0.168 e. The first-order valence-corrected chi connectivity index (χ1v) is 7.82. The third kappa shape index (κ3) is 2.10. The number of hydrogen-bond donors (Lipinski definition) is 1. The summed E-state index contributed by atoms with van der Waals surface area (Å²) in [6.45, 7) is 2.86. The molecule has 0 unspecified atom stereocenters. The van der Waals surface area contributed by atoms with E-state index < -0.39 is 0 Å². The van der Waals surface area contributed by atoms with E-state index in [-0.39, 0.29) is 5.79 Å². The van der Waals surface area contributed by atoms with Gasteiger partial charge in [-0.05, 0) is 49.9 Å². The lowest BCUT2D eigenvalue weighted by Gasteiger charge is -2.36. The molecule has 1 aliphatic heterocycles. The molecule has 102 valence electrons. The average Bonchev–Trinajstić information content (AvgIpc) is 3.29. The van der Waals surface area contributed by atoms with Crippen LogP contribution in [0.3, 0.4) is 0 Å². The van der Waals surface area contributed by atoms with E-state index in [1.54, 1.807) is 0 Å². The van der Waals surface area contributed by atoms with Crippen LogP contribution in [0.2, 0.25) is 0 Å². The highest BCUT2D eigenvalue weighted by atomic mass is 16.7. The van der Waals surface area contributed by atoms with E-state index in [9.17, 15) is 0 Å². The van der Waals surface area contributed by atoms with Gasteiger partial charge in [-0.3, -0.25) is 0 Å². The van der Waals surface area contributed by atoms with E-state index in [4.69, 9.17) is 9.47 Å². The fourth-order valence-electron chi connectivity index (χ4n) is 3.98. The third-order valence-electron chi connectivity index (χ3n) is 5.64. The van der Waals surface area contributed by atoms with Crippen LogP contribution in [0.1, 0.15) is 51.4 Å². The molecular weight excluding hydrogens is 226 g/mol. The van der Waals surface area contributed by atoms with E-state index in [0.717, 1.165) is 37.4 Å². The normalized spacial score (nSPS) is 34.0. The van der Waals surface area contributed by atoms with Gasteiger partial charge in [0.2, 0.25) is 0 Å². The van der Waals surface area contributed by atoms with Crippen molar-refractivity contribution in [1.29, 1.82) is 0 Å². The zero-order chi connectivity index (χ0) is 12.1. The van der Waals surface area contributed by atoms with Gasteiger partial charge in [-0.1, -0.05) is 0 Å². The fourth-order valence-corrected chi connectivity index (χ4v) is 3.98. The van der Waals surface area contributed by atoms with Crippen LogP contribution in [-0.2, 0) is 9.47 Å².